The number of nitrogens with zero attached hydrogens (tertiary/aromatic N) is 3. The van der Waals surface area contributed by atoms with Crippen LogP contribution < -0.4 is 24.4 Å². The maximum absolute atomic E-state index is 14.1. The molecule has 0 N–H and O–H groups in total. The zero-order valence-corrected chi connectivity index (χ0v) is 23.0. The van der Waals surface area contributed by atoms with Crippen molar-refractivity contribution >= 4 is 34.3 Å². The van der Waals surface area contributed by atoms with Gasteiger partial charge in [0.2, 0.25) is 0 Å². The number of methoxy groups -OCH3 is 2. The maximum Gasteiger partial charge on any atom is 0.338 e. The van der Waals surface area contributed by atoms with Crippen LogP contribution in [0.15, 0.2) is 63.5 Å². The molecule has 2 aromatic carbocycles. The van der Waals surface area contributed by atoms with Crippen LogP contribution >= 0.6 is 11.3 Å². The number of rotatable bonds is 6. The number of aromatic nitrogens is 2. The summed E-state index contributed by atoms with van der Waals surface area (Å²) in [4.78, 5) is 32.5. The van der Waals surface area contributed by atoms with Gasteiger partial charge in [-0.2, -0.15) is 0 Å². The summed E-state index contributed by atoms with van der Waals surface area (Å²) in [6.07, 6.45) is 1.92. The Morgan fingerprint density at radius 2 is 1.89 bits per heavy atom. The summed E-state index contributed by atoms with van der Waals surface area (Å²) in [6, 6.07) is 12.6. The van der Waals surface area contributed by atoms with E-state index in [9.17, 15) is 9.59 Å². The van der Waals surface area contributed by atoms with E-state index < -0.39 is 12.0 Å². The van der Waals surface area contributed by atoms with Crippen LogP contribution in [0.25, 0.3) is 17.0 Å². The fourth-order valence-corrected chi connectivity index (χ4v) is 6.03. The second-order valence-corrected chi connectivity index (χ2v) is 9.99. The van der Waals surface area contributed by atoms with Crippen molar-refractivity contribution in [3.8, 4) is 11.5 Å². The molecule has 196 valence electrons. The van der Waals surface area contributed by atoms with Gasteiger partial charge in [0.05, 0.1) is 36.6 Å². The van der Waals surface area contributed by atoms with Crippen molar-refractivity contribution in [1.82, 2.24) is 9.13 Å². The van der Waals surface area contributed by atoms with Crippen molar-refractivity contribution in [2.45, 2.75) is 26.8 Å². The zero-order valence-electron chi connectivity index (χ0n) is 22.2. The molecule has 1 aliphatic rings. The Kier molecular flexibility index (Phi) is 6.71. The second-order valence-electron chi connectivity index (χ2n) is 8.99. The summed E-state index contributed by atoms with van der Waals surface area (Å²) in [6.45, 7) is 5.74. The molecule has 0 saturated carbocycles. The molecule has 0 unspecified atom stereocenters. The number of hydrogen-bond acceptors (Lipinski definition) is 7. The van der Waals surface area contributed by atoms with Crippen LogP contribution in [0.1, 0.15) is 36.7 Å². The van der Waals surface area contributed by atoms with E-state index in [2.05, 4.69) is 21.7 Å². The summed E-state index contributed by atoms with van der Waals surface area (Å²) in [7, 11) is 5.14. The molecule has 0 spiro atoms. The average molecular weight is 532 g/mol. The molecule has 38 heavy (non-hydrogen) atoms. The molecule has 8 nitrogen and oxygen atoms in total. The van der Waals surface area contributed by atoms with Crippen LogP contribution in [0.5, 0.6) is 11.5 Å². The van der Waals surface area contributed by atoms with Gasteiger partial charge in [-0.1, -0.05) is 29.5 Å². The largest absolute Gasteiger partial charge is 0.497 e. The molecule has 1 aliphatic heterocycles. The molecule has 2 aromatic heterocycles. The molecule has 1 atom stereocenters. The highest BCUT2D eigenvalue weighted by Gasteiger charge is 2.35. The number of benzene rings is 2. The van der Waals surface area contributed by atoms with Crippen molar-refractivity contribution in [3.63, 3.8) is 0 Å². The Hall–Kier alpha value is -4.11. The van der Waals surface area contributed by atoms with E-state index in [-0.39, 0.29) is 12.2 Å². The zero-order chi connectivity index (χ0) is 27.1. The van der Waals surface area contributed by atoms with Gasteiger partial charge in [0.15, 0.2) is 4.80 Å². The van der Waals surface area contributed by atoms with Crippen molar-refractivity contribution in [2.24, 2.45) is 12.0 Å². The van der Waals surface area contributed by atoms with Gasteiger partial charge < -0.3 is 18.8 Å². The second kappa shape index (κ2) is 9.98. The number of ether oxygens (including phenoxy) is 3. The quantitative estimate of drug-likeness (QED) is 0.355. The lowest BCUT2D eigenvalue weighted by Crippen LogP contribution is -2.40. The number of carbonyl (C=O) groups excluding carboxylic acids is 1. The van der Waals surface area contributed by atoms with Gasteiger partial charge in [0, 0.05) is 34.8 Å². The molecular formula is C29H29N3O5S. The third-order valence-corrected chi connectivity index (χ3v) is 7.96. The molecule has 0 saturated heterocycles. The first-order chi connectivity index (χ1) is 18.3. The first kappa shape index (κ1) is 25.5. The van der Waals surface area contributed by atoms with Crippen LogP contribution in [-0.2, 0) is 16.6 Å². The molecule has 0 aliphatic carbocycles. The number of fused-ring (bicyclic) bond motifs is 2. The van der Waals surface area contributed by atoms with Crippen LogP contribution in [-0.4, -0.2) is 35.9 Å². The van der Waals surface area contributed by atoms with E-state index in [0.29, 0.717) is 37.7 Å². The Labute approximate surface area is 223 Å². The summed E-state index contributed by atoms with van der Waals surface area (Å²) < 4.78 is 20.7. The van der Waals surface area contributed by atoms with Crippen molar-refractivity contribution in [3.05, 3.63) is 90.2 Å². The third-order valence-electron chi connectivity index (χ3n) is 6.97. The smallest absolute Gasteiger partial charge is 0.338 e. The van der Waals surface area contributed by atoms with E-state index >= 15 is 0 Å². The molecule has 3 heterocycles. The first-order valence-electron chi connectivity index (χ1n) is 12.3. The van der Waals surface area contributed by atoms with Crippen LogP contribution in [0.2, 0.25) is 0 Å². The van der Waals surface area contributed by atoms with Crippen LogP contribution in [0.4, 0.5) is 0 Å². The third kappa shape index (κ3) is 4.03. The summed E-state index contributed by atoms with van der Waals surface area (Å²) in [5.41, 5.74) is 4.26. The minimum absolute atomic E-state index is 0.197. The molecule has 0 fully saturated rings. The molecule has 4 aromatic rings. The molecule has 0 bridgehead atoms. The number of allylic oxidation sites excluding steroid dienone is 1. The van der Waals surface area contributed by atoms with Gasteiger partial charge in [-0.15, -0.1) is 0 Å². The number of esters is 1. The highest BCUT2D eigenvalue weighted by atomic mass is 32.1. The molecule has 9 heteroatoms. The monoisotopic (exact) mass is 531 g/mol. The lowest BCUT2D eigenvalue weighted by atomic mass is 9.94. The Balaban J connectivity index is 1.81. The molecule has 5 rings (SSSR count). The number of aryl methyl sites for hydroxylation is 1. The highest BCUT2D eigenvalue weighted by molar-refractivity contribution is 7.07. The Morgan fingerprint density at radius 1 is 1.13 bits per heavy atom. The lowest BCUT2D eigenvalue weighted by molar-refractivity contribution is -0.139. The predicted octanol–water partition coefficient (Wildman–Crippen LogP) is 3.62. The maximum atomic E-state index is 14.1. The summed E-state index contributed by atoms with van der Waals surface area (Å²) in [5.74, 6) is 0.571. The minimum Gasteiger partial charge on any atom is -0.497 e. The van der Waals surface area contributed by atoms with Crippen LogP contribution in [0, 0.1) is 6.92 Å². The lowest BCUT2D eigenvalue weighted by Gasteiger charge is -2.26. The first-order valence-corrected chi connectivity index (χ1v) is 13.1. The summed E-state index contributed by atoms with van der Waals surface area (Å²) in [5, 5.41) is 1.06. The fraction of sp³-hybridized carbons (Fsp3) is 0.276. The SMILES string of the molecule is CCOC(=O)C1=C(C)N=c2s/c(=C\c3c(C)n(C)c4ccccc34)c(=O)n2[C@@H]1c1cc(OC)ccc1OC. The van der Waals surface area contributed by atoms with Gasteiger partial charge in [0.1, 0.15) is 17.5 Å². The van der Waals surface area contributed by atoms with Gasteiger partial charge in [0.25, 0.3) is 5.56 Å². The van der Waals surface area contributed by atoms with Crippen LogP contribution in [0.3, 0.4) is 0 Å². The molecule has 0 radical (unpaired) electrons. The van der Waals surface area contributed by atoms with Gasteiger partial charge >= 0.3 is 5.97 Å². The van der Waals surface area contributed by atoms with E-state index in [1.54, 1.807) is 50.8 Å². The van der Waals surface area contributed by atoms with E-state index in [0.717, 1.165) is 22.2 Å². The highest BCUT2D eigenvalue weighted by Crippen LogP contribution is 2.38. The summed E-state index contributed by atoms with van der Waals surface area (Å²) >= 11 is 1.30. The van der Waals surface area contributed by atoms with Gasteiger partial charge in [-0.05, 0) is 51.1 Å². The van der Waals surface area contributed by atoms with E-state index in [1.807, 2.05) is 32.2 Å². The topological polar surface area (TPSA) is 84.1 Å². The number of thiazole rings is 1. The fourth-order valence-electron chi connectivity index (χ4n) is 5.00. The Morgan fingerprint density at radius 3 is 2.61 bits per heavy atom. The van der Waals surface area contributed by atoms with Crippen molar-refractivity contribution in [1.29, 1.82) is 0 Å². The number of hydrogen-bond donors (Lipinski definition) is 0. The van der Waals surface area contributed by atoms with E-state index in [1.165, 1.54) is 11.3 Å². The van der Waals surface area contributed by atoms with Crippen molar-refractivity contribution in [2.75, 3.05) is 20.8 Å². The molecular weight excluding hydrogens is 502 g/mol. The van der Waals surface area contributed by atoms with Crippen molar-refractivity contribution < 1.29 is 19.0 Å². The predicted molar refractivity (Wildman–Crippen MR) is 148 cm³/mol. The molecule has 0 amide bonds. The van der Waals surface area contributed by atoms with Gasteiger partial charge in [-0.3, -0.25) is 9.36 Å². The minimum atomic E-state index is -0.800. The Bertz CT molecular complexity index is 1790. The average Bonchev–Trinajstić information content (AvgIpc) is 3.35. The normalized spacial score (nSPS) is 15.4. The number of carbonyl (C=O) groups is 1. The standard InChI is InChI=1S/C29H29N3O5S/c1-7-37-28(34)25-16(2)30-29-32(26(25)21-14-18(35-5)12-13-23(21)36-6)27(33)24(38-29)15-20-17(3)31(4)22-11-9-8-10-19(20)22/h8-15,26H,7H2,1-6H3/b24-15-/t26-/m1/s1. The van der Waals surface area contributed by atoms with E-state index in [4.69, 9.17) is 14.2 Å². The van der Waals surface area contributed by atoms with Gasteiger partial charge in [-0.25, -0.2) is 9.79 Å². The number of para-hydroxylation sites is 1.